The van der Waals surface area contributed by atoms with Gasteiger partial charge in [0.2, 0.25) is 0 Å². The molecule has 2 aromatic rings. The molecule has 0 atom stereocenters. The van der Waals surface area contributed by atoms with Gasteiger partial charge in [0, 0.05) is 19.6 Å². The van der Waals surface area contributed by atoms with E-state index in [1.165, 1.54) is 9.75 Å². The van der Waals surface area contributed by atoms with Gasteiger partial charge < -0.3 is 0 Å². The maximum absolute atomic E-state index is 4.06. The monoisotopic (exact) mass is 250 g/mol. The van der Waals surface area contributed by atoms with Crippen molar-refractivity contribution in [3.05, 3.63) is 57.9 Å². The topological polar surface area (TPSA) is 0 Å². The van der Waals surface area contributed by atoms with Crippen LogP contribution in [0.2, 0.25) is 0 Å². The van der Waals surface area contributed by atoms with Gasteiger partial charge in [-0.25, -0.2) is 0 Å². The van der Waals surface area contributed by atoms with Crippen LogP contribution in [0.1, 0.15) is 9.75 Å². The second-order valence-corrected chi connectivity index (χ2v) is 5.99. The van der Waals surface area contributed by atoms with E-state index in [2.05, 4.69) is 36.1 Å². The van der Waals surface area contributed by atoms with Gasteiger partial charge in [-0.1, -0.05) is 37.1 Å². The quantitative estimate of drug-likeness (QED) is 0.720. The van der Waals surface area contributed by atoms with Gasteiger partial charge in [0.05, 0.1) is 0 Å². The third-order valence-corrected chi connectivity index (χ3v) is 4.89. The molecule has 0 amide bonds. The lowest BCUT2D eigenvalue weighted by atomic mass is 10.4. The highest BCUT2D eigenvalue weighted by atomic mass is 32.2. The van der Waals surface area contributed by atoms with Crippen LogP contribution in [0.4, 0.5) is 0 Å². The molecule has 0 nitrogen and oxygen atoms in total. The molecular weight excluding hydrogens is 240 g/mol. The number of hydrogen-bond donors (Lipinski definition) is 0. The van der Waals surface area contributed by atoms with Crippen molar-refractivity contribution in [1.82, 2.24) is 0 Å². The molecular formula is C12H10S3. The highest BCUT2D eigenvalue weighted by molar-refractivity contribution is 8.16. The van der Waals surface area contributed by atoms with Gasteiger partial charge in [0.15, 0.2) is 0 Å². The van der Waals surface area contributed by atoms with E-state index in [-0.39, 0.29) is 0 Å². The van der Waals surface area contributed by atoms with Crippen LogP contribution in [-0.4, -0.2) is 0 Å². The first kappa shape index (κ1) is 10.7. The van der Waals surface area contributed by atoms with Gasteiger partial charge >= 0.3 is 0 Å². The van der Waals surface area contributed by atoms with Gasteiger partial charge in [-0.2, -0.15) is 0 Å². The van der Waals surface area contributed by atoms with Crippen molar-refractivity contribution >= 4 is 44.2 Å². The van der Waals surface area contributed by atoms with Crippen LogP contribution >= 0.6 is 34.4 Å². The number of hydrogen-bond acceptors (Lipinski definition) is 3. The molecule has 0 spiro atoms. The van der Waals surface area contributed by atoms with Crippen LogP contribution in [0.5, 0.6) is 0 Å². The van der Waals surface area contributed by atoms with E-state index < -0.39 is 0 Å². The van der Waals surface area contributed by atoms with Gasteiger partial charge in [-0.05, 0) is 22.9 Å². The summed E-state index contributed by atoms with van der Waals surface area (Å²) in [5.74, 6) is 0. The summed E-state index contributed by atoms with van der Waals surface area (Å²) in [6, 6.07) is 8.25. The molecule has 0 bridgehead atoms. The zero-order chi connectivity index (χ0) is 10.7. The molecule has 0 aliphatic carbocycles. The minimum Gasteiger partial charge on any atom is -0.143 e. The van der Waals surface area contributed by atoms with Crippen molar-refractivity contribution in [2.45, 2.75) is 0 Å². The molecule has 2 rings (SSSR count). The number of rotatable bonds is 4. The lowest BCUT2D eigenvalue weighted by molar-refractivity contribution is 1.94. The molecule has 0 N–H and O–H groups in total. The van der Waals surface area contributed by atoms with Crippen molar-refractivity contribution in [2.24, 2.45) is 0 Å². The van der Waals surface area contributed by atoms with Gasteiger partial charge in [0.1, 0.15) is 0 Å². The molecule has 0 aliphatic rings. The molecule has 0 saturated carbocycles. The van der Waals surface area contributed by atoms with Crippen LogP contribution in [-0.2, 0) is 0 Å². The van der Waals surface area contributed by atoms with Gasteiger partial charge in [-0.3, -0.25) is 0 Å². The lowest BCUT2D eigenvalue weighted by Crippen LogP contribution is -1.72. The van der Waals surface area contributed by atoms with Gasteiger partial charge in [-0.15, -0.1) is 22.7 Å². The normalized spacial score (nSPS) is 10.1. The fraction of sp³-hybridized carbons (Fsp3) is 0. The SMILES string of the molecule is C=C(SC(=C)c1cccs1)c1cccs1. The summed E-state index contributed by atoms with van der Waals surface area (Å²) < 4.78 is 0. The zero-order valence-corrected chi connectivity index (χ0v) is 10.6. The van der Waals surface area contributed by atoms with E-state index in [9.17, 15) is 0 Å². The molecule has 3 heteroatoms. The largest absolute Gasteiger partial charge is 0.143 e. The minimum absolute atomic E-state index is 1.07. The Labute approximate surface area is 102 Å². The van der Waals surface area contributed by atoms with Crippen molar-refractivity contribution in [1.29, 1.82) is 0 Å². The molecule has 0 fully saturated rings. The lowest BCUT2D eigenvalue weighted by Gasteiger charge is -2.03. The van der Waals surface area contributed by atoms with E-state index in [4.69, 9.17) is 0 Å². The fourth-order valence-electron chi connectivity index (χ4n) is 1.12. The summed E-state index contributed by atoms with van der Waals surface area (Å²) in [6.45, 7) is 8.13. The van der Waals surface area contributed by atoms with Crippen LogP contribution < -0.4 is 0 Å². The highest BCUT2D eigenvalue weighted by Crippen LogP contribution is 2.39. The second kappa shape index (κ2) is 4.84. The molecule has 0 unspecified atom stereocenters. The molecule has 15 heavy (non-hydrogen) atoms. The van der Waals surface area contributed by atoms with E-state index in [0.717, 1.165) is 9.81 Å². The molecule has 0 aromatic carbocycles. The average Bonchev–Trinajstić information content (AvgIpc) is 2.91. The predicted octanol–water partition coefficient (Wildman–Crippen LogP) is 5.18. The Kier molecular flexibility index (Phi) is 3.46. The Hall–Kier alpha value is -0.770. The van der Waals surface area contributed by atoms with Crippen LogP contribution in [0.25, 0.3) is 9.81 Å². The number of thiophene rings is 2. The van der Waals surface area contributed by atoms with Crippen LogP contribution in [0, 0.1) is 0 Å². The summed E-state index contributed by atoms with van der Waals surface area (Å²) in [5, 5.41) is 4.13. The molecule has 2 heterocycles. The van der Waals surface area contributed by atoms with Crippen molar-refractivity contribution in [3.8, 4) is 0 Å². The van der Waals surface area contributed by atoms with Crippen LogP contribution in [0.3, 0.4) is 0 Å². The molecule has 0 radical (unpaired) electrons. The first-order valence-electron chi connectivity index (χ1n) is 4.41. The summed E-state index contributed by atoms with van der Waals surface area (Å²) >= 11 is 5.07. The molecule has 76 valence electrons. The molecule has 0 saturated heterocycles. The summed E-state index contributed by atoms with van der Waals surface area (Å²) in [7, 11) is 0. The van der Waals surface area contributed by atoms with Crippen LogP contribution in [0.15, 0.2) is 48.2 Å². The third-order valence-electron chi connectivity index (χ3n) is 1.84. The Balaban J connectivity index is 2.04. The van der Waals surface area contributed by atoms with E-state index >= 15 is 0 Å². The Morgan fingerprint density at radius 1 is 0.933 bits per heavy atom. The molecule has 0 aliphatic heterocycles. The Morgan fingerprint density at radius 3 is 1.73 bits per heavy atom. The Morgan fingerprint density at radius 2 is 1.40 bits per heavy atom. The van der Waals surface area contributed by atoms with Crippen molar-refractivity contribution in [3.63, 3.8) is 0 Å². The van der Waals surface area contributed by atoms with E-state index in [1.54, 1.807) is 34.4 Å². The fourth-order valence-corrected chi connectivity index (χ4v) is 3.48. The molecule has 2 aromatic heterocycles. The van der Waals surface area contributed by atoms with Crippen molar-refractivity contribution < 1.29 is 0 Å². The average molecular weight is 250 g/mol. The summed E-state index contributed by atoms with van der Waals surface area (Å²) in [6.07, 6.45) is 0. The smallest absolute Gasteiger partial charge is 0.0403 e. The third kappa shape index (κ3) is 2.62. The predicted molar refractivity (Wildman–Crippen MR) is 74.3 cm³/mol. The Bertz CT molecular complexity index is 405. The maximum Gasteiger partial charge on any atom is 0.0403 e. The highest BCUT2D eigenvalue weighted by Gasteiger charge is 2.05. The van der Waals surface area contributed by atoms with Gasteiger partial charge in [0.25, 0.3) is 0 Å². The van der Waals surface area contributed by atoms with E-state index in [0.29, 0.717) is 0 Å². The first-order chi connectivity index (χ1) is 7.27. The standard InChI is InChI=1S/C12H10S3/c1-9(11-5-3-7-13-11)15-10(2)12-6-4-8-14-12/h3-8H,1-2H2. The summed E-state index contributed by atoms with van der Waals surface area (Å²) in [5.41, 5.74) is 0. The second-order valence-electron chi connectivity index (χ2n) is 2.90. The van der Waals surface area contributed by atoms with E-state index in [1.807, 2.05) is 12.1 Å². The number of thioether (sulfide) groups is 1. The summed E-state index contributed by atoms with van der Waals surface area (Å²) in [4.78, 5) is 4.59. The minimum atomic E-state index is 1.07. The zero-order valence-electron chi connectivity index (χ0n) is 8.10. The maximum atomic E-state index is 4.06. The van der Waals surface area contributed by atoms with Crippen molar-refractivity contribution in [2.75, 3.05) is 0 Å². The first-order valence-corrected chi connectivity index (χ1v) is 6.98.